The first-order chi connectivity index (χ1) is 17.8. The summed E-state index contributed by atoms with van der Waals surface area (Å²) in [6.07, 6.45) is 7.68. The Morgan fingerprint density at radius 3 is 1.92 bits per heavy atom. The summed E-state index contributed by atoms with van der Waals surface area (Å²) in [6.45, 7) is 13.2. The quantitative estimate of drug-likeness (QED) is 0.256. The summed E-state index contributed by atoms with van der Waals surface area (Å²) in [5.74, 6) is 1.18. The van der Waals surface area contributed by atoms with E-state index in [9.17, 15) is 10.2 Å². The maximum absolute atomic E-state index is 10.7. The van der Waals surface area contributed by atoms with E-state index in [1.54, 1.807) is 0 Å². The first-order valence-electron chi connectivity index (χ1n) is 14.5. The molecule has 0 amide bonds. The van der Waals surface area contributed by atoms with Gasteiger partial charge in [-0.2, -0.15) is 0 Å². The molecule has 4 heteroatoms. The van der Waals surface area contributed by atoms with E-state index in [2.05, 4.69) is 82.9 Å². The van der Waals surface area contributed by atoms with Crippen molar-refractivity contribution in [2.75, 3.05) is 0 Å². The number of nitrogens with zero attached hydrogens (tertiary/aromatic N) is 1. The van der Waals surface area contributed by atoms with E-state index in [-0.39, 0.29) is 49.1 Å². The van der Waals surface area contributed by atoms with Crippen LogP contribution in [0.5, 0.6) is 0 Å². The molecule has 2 aliphatic carbocycles. The van der Waals surface area contributed by atoms with Crippen LogP contribution in [-0.2, 0) is 20.1 Å². The van der Waals surface area contributed by atoms with Crippen molar-refractivity contribution < 1.29 is 30.3 Å². The van der Waals surface area contributed by atoms with Gasteiger partial charge in [-0.1, -0.05) is 59.7 Å². The minimum Gasteiger partial charge on any atom is -0.392 e. The molecule has 3 nitrogen and oxygen atoms in total. The normalized spacial score (nSPS) is 25.0. The maximum Gasteiger partial charge on any atom is 0.0651 e. The van der Waals surface area contributed by atoms with Crippen molar-refractivity contribution in [3.8, 4) is 11.3 Å². The van der Waals surface area contributed by atoms with E-state index < -0.39 is 0 Å². The zero-order valence-corrected chi connectivity index (χ0v) is 26.4. The SMILES string of the molecule is CC(C)c1cccc2c(-c3[c-]cccc3)nccc12.CCC1(CC)CC2CC(CC)(CC)C(O)C2C1O.[Ir]. The van der Waals surface area contributed by atoms with Crippen LogP contribution in [0.2, 0.25) is 0 Å². The van der Waals surface area contributed by atoms with Crippen molar-refractivity contribution in [2.45, 2.75) is 98.2 Å². The second kappa shape index (κ2) is 12.7. The van der Waals surface area contributed by atoms with Gasteiger partial charge in [0.05, 0.1) is 12.2 Å². The van der Waals surface area contributed by atoms with Gasteiger partial charge >= 0.3 is 0 Å². The molecule has 2 fully saturated rings. The molecule has 2 unspecified atom stereocenters. The van der Waals surface area contributed by atoms with Crippen LogP contribution in [0.25, 0.3) is 22.0 Å². The van der Waals surface area contributed by atoms with Gasteiger partial charge in [-0.15, -0.1) is 35.9 Å². The second-order valence-corrected chi connectivity index (χ2v) is 11.8. The summed E-state index contributed by atoms with van der Waals surface area (Å²) >= 11 is 0. The standard InChI is InChI=1S/C18H16N.C16H30O2.Ir/c1-13(2)15-9-6-10-17-16(15)11-12-19-18(17)14-7-4-3-5-8-14;1-5-15(6-2)9-11-10-16(7-3,8-4)14(18)12(11)13(15)17;/h3-7,9-13H,1-2H3;11-14,17-18H,5-10H2,1-4H3;/q-1;;. The van der Waals surface area contributed by atoms with E-state index >= 15 is 0 Å². The molecule has 0 saturated heterocycles. The molecule has 0 spiro atoms. The van der Waals surface area contributed by atoms with Gasteiger partial charge in [-0.25, -0.2) is 0 Å². The Bertz CT molecular complexity index is 1140. The van der Waals surface area contributed by atoms with Crippen molar-refractivity contribution in [3.63, 3.8) is 0 Å². The molecule has 2 aliphatic rings. The monoisotopic (exact) mass is 693 g/mol. The number of rotatable bonds is 6. The van der Waals surface area contributed by atoms with Gasteiger partial charge < -0.3 is 15.2 Å². The van der Waals surface area contributed by atoms with Gasteiger partial charge in [0, 0.05) is 32.2 Å². The van der Waals surface area contributed by atoms with Gasteiger partial charge in [0.2, 0.25) is 0 Å². The molecule has 5 rings (SSSR count). The van der Waals surface area contributed by atoms with E-state index in [4.69, 9.17) is 0 Å². The third kappa shape index (κ3) is 5.39. The largest absolute Gasteiger partial charge is 0.392 e. The summed E-state index contributed by atoms with van der Waals surface area (Å²) in [5, 5.41) is 24.0. The molecule has 2 N–H and O–H groups in total. The van der Waals surface area contributed by atoms with E-state index in [0.717, 1.165) is 49.8 Å². The van der Waals surface area contributed by atoms with Crippen LogP contribution in [0, 0.1) is 28.7 Å². The Morgan fingerprint density at radius 2 is 1.45 bits per heavy atom. The predicted octanol–water partition coefficient (Wildman–Crippen LogP) is 8.18. The van der Waals surface area contributed by atoms with Crippen molar-refractivity contribution in [1.82, 2.24) is 4.98 Å². The molecule has 209 valence electrons. The number of aromatic nitrogens is 1. The van der Waals surface area contributed by atoms with Crippen LogP contribution >= 0.6 is 0 Å². The van der Waals surface area contributed by atoms with Crippen LogP contribution in [0.1, 0.15) is 91.5 Å². The van der Waals surface area contributed by atoms with Gasteiger partial charge in [0.15, 0.2) is 0 Å². The van der Waals surface area contributed by atoms with E-state index in [0.29, 0.717) is 11.8 Å². The molecule has 1 radical (unpaired) electrons. The number of pyridine rings is 1. The van der Waals surface area contributed by atoms with Crippen LogP contribution in [0.4, 0.5) is 0 Å². The minimum atomic E-state index is -0.299. The minimum absolute atomic E-state index is 0. The Hall–Kier alpha value is -1.58. The molecule has 3 aromatic rings. The fraction of sp³-hybridized carbons (Fsp3) is 0.559. The Kier molecular flexibility index (Phi) is 10.4. The Balaban J connectivity index is 0.000000206. The Labute approximate surface area is 243 Å². The van der Waals surface area contributed by atoms with Crippen molar-refractivity contribution in [2.24, 2.45) is 22.7 Å². The average Bonchev–Trinajstić information content (AvgIpc) is 3.38. The van der Waals surface area contributed by atoms with Crippen LogP contribution < -0.4 is 0 Å². The van der Waals surface area contributed by atoms with Gasteiger partial charge in [-0.3, -0.25) is 0 Å². The number of hydrogen-bond donors (Lipinski definition) is 2. The maximum atomic E-state index is 10.7. The molecule has 38 heavy (non-hydrogen) atoms. The zero-order valence-electron chi connectivity index (χ0n) is 24.0. The van der Waals surface area contributed by atoms with Crippen LogP contribution in [0.15, 0.2) is 54.7 Å². The fourth-order valence-electron chi connectivity index (χ4n) is 7.54. The topological polar surface area (TPSA) is 53.4 Å². The molecule has 0 bridgehead atoms. The molecular weight excluding hydrogens is 647 g/mol. The molecule has 1 aromatic heterocycles. The van der Waals surface area contributed by atoms with Crippen molar-refractivity contribution >= 4 is 10.8 Å². The molecule has 2 atom stereocenters. The fourth-order valence-corrected chi connectivity index (χ4v) is 7.54. The van der Waals surface area contributed by atoms with Gasteiger partial charge in [0.1, 0.15) is 0 Å². The summed E-state index contributed by atoms with van der Waals surface area (Å²) < 4.78 is 0. The number of hydrogen-bond acceptors (Lipinski definition) is 3. The first kappa shape index (κ1) is 31.0. The van der Waals surface area contributed by atoms with E-state index in [1.807, 2.05) is 24.4 Å². The first-order valence-corrected chi connectivity index (χ1v) is 14.5. The molecule has 2 aromatic carbocycles. The number of aliphatic hydroxyl groups is 2. The number of aliphatic hydroxyl groups excluding tert-OH is 2. The molecular formula is C34H46IrNO2-. The third-order valence-electron chi connectivity index (χ3n) is 10.1. The van der Waals surface area contributed by atoms with Gasteiger partial charge in [-0.05, 0) is 89.3 Å². The van der Waals surface area contributed by atoms with Crippen LogP contribution in [0.3, 0.4) is 0 Å². The smallest absolute Gasteiger partial charge is 0.0651 e. The zero-order chi connectivity index (χ0) is 26.8. The predicted molar refractivity (Wildman–Crippen MR) is 154 cm³/mol. The Morgan fingerprint density at radius 1 is 0.842 bits per heavy atom. The average molecular weight is 693 g/mol. The van der Waals surface area contributed by atoms with Crippen LogP contribution in [-0.4, -0.2) is 27.4 Å². The summed E-state index contributed by atoms with van der Waals surface area (Å²) in [5.41, 5.74) is 3.58. The third-order valence-corrected chi connectivity index (χ3v) is 10.1. The molecule has 2 saturated carbocycles. The van der Waals surface area contributed by atoms with Gasteiger partial charge in [0.25, 0.3) is 0 Å². The summed E-state index contributed by atoms with van der Waals surface area (Å²) in [7, 11) is 0. The van der Waals surface area contributed by atoms with Crippen molar-refractivity contribution in [1.29, 1.82) is 0 Å². The number of benzene rings is 2. The van der Waals surface area contributed by atoms with E-state index in [1.165, 1.54) is 16.3 Å². The number of fused-ring (bicyclic) bond motifs is 2. The van der Waals surface area contributed by atoms with Crippen molar-refractivity contribution in [3.05, 3.63) is 66.4 Å². The summed E-state index contributed by atoms with van der Waals surface area (Å²) in [6, 6.07) is 19.8. The molecule has 1 heterocycles. The second-order valence-electron chi connectivity index (χ2n) is 11.8. The summed E-state index contributed by atoms with van der Waals surface area (Å²) in [4.78, 5) is 4.55. The molecule has 0 aliphatic heterocycles.